The van der Waals surface area contributed by atoms with Gasteiger partial charge >= 0.3 is 0 Å². The number of amides is 1. The van der Waals surface area contributed by atoms with Gasteiger partial charge in [-0.3, -0.25) is 20.2 Å². The largest absolute Gasteiger partial charge is 0.296 e. The first-order valence-corrected chi connectivity index (χ1v) is 9.56. The molecule has 138 valence electrons. The van der Waals surface area contributed by atoms with E-state index in [2.05, 4.69) is 15.5 Å². The van der Waals surface area contributed by atoms with Gasteiger partial charge in [-0.15, -0.1) is 10.2 Å². The second-order valence-corrected chi connectivity index (χ2v) is 7.77. The van der Waals surface area contributed by atoms with Gasteiger partial charge in [0.1, 0.15) is 5.82 Å². The monoisotopic (exact) mass is 424 g/mol. The number of anilines is 1. The highest BCUT2D eigenvalue weighted by atomic mass is 35.5. The van der Waals surface area contributed by atoms with Crippen LogP contribution in [-0.4, -0.2) is 21.0 Å². The molecule has 0 spiro atoms. The Morgan fingerprint density at radius 1 is 1.30 bits per heavy atom. The molecule has 3 aromatic rings. The van der Waals surface area contributed by atoms with Gasteiger partial charge < -0.3 is 0 Å². The van der Waals surface area contributed by atoms with E-state index >= 15 is 0 Å². The van der Waals surface area contributed by atoms with E-state index in [1.54, 1.807) is 12.1 Å². The number of benzene rings is 2. The van der Waals surface area contributed by atoms with E-state index in [0.717, 1.165) is 23.0 Å². The van der Waals surface area contributed by atoms with Crippen LogP contribution in [0.5, 0.6) is 0 Å². The molecule has 27 heavy (non-hydrogen) atoms. The van der Waals surface area contributed by atoms with Gasteiger partial charge in [0.25, 0.3) is 11.6 Å². The van der Waals surface area contributed by atoms with Crippen LogP contribution in [0.2, 0.25) is 5.02 Å². The minimum Gasteiger partial charge on any atom is -0.296 e. The Morgan fingerprint density at radius 2 is 2.11 bits per heavy atom. The number of nitrogens with one attached hydrogen (secondary N) is 1. The number of hydrogen-bond acceptors (Lipinski definition) is 7. The molecule has 0 radical (unpaired) electrons. The Balaban J connectivity index is 1.66. The third kappa shape index (κ3) is 5.00. The Kier molecular flexibility index (Phi) is 5.99. The zero-order valence-electron chi connectivity index (χ0n) is 13.4. The van der Waals surface area contributed by atoms with Crippen molar-refractivity contribution in [2.24, 2.45) is 0 Å². The fraction of sp³-hybridized carbons (Fsp3) is 0.0625. The van der Waals surface area contributed by atoms with Crippen molar-refractivity contribution in [1.29, 1.82) is 0 Å². The molecule has 0 saturated carbocycles. The summed E-state index contributed by atoms with van der Waals surface area (Å²) in [6, 6.07) is 9.81. The summed E-state index contributed by atoms with van der Waals surface area (Å²) in [6.07, 6.45) is 0. The van der Waals surface area contributed by atoms with E-state index in [1.165, 1.54) is 36.0 Å². The summed E-state index contributed by atoms with van der Waals surface area (Å²) in [6.45, 7) is 0. The molecule has 7 nitrogen and oxygen atoms in total. The Hall–Kier alpha value is -2.56. The lowest BCUT2D eigenvalue weighted by Gasteiger charge is -2.03. The molecule has 0 bridgehead atoms. The Bertz CT molecular complexity index is 1010. The van der Waals surface area contributed by atoms with Crippen LogP contribution >= 0.6 is 34.7 Å². The van der Waals surface area contributed by atoms with Gasteiger partial charge in [0.2, 0.25) is 5.13 Å². The summed E-state index contributed by atoms with van der Waals surface area (Å²) < 4.78 is 13.8. The van der Waals surface area contributed by atoms with Crippen LogP contribution in [-0.2, 0) is 5.75 Å². The molecular weight excluding hydrogens is 415 g/mol. The lowest BCUT2D eigenvalue weighted by molar-refractivity contribution is -0.384. The standard InChI is InChI=1S/C16H10ClFN4O3S2/c17-13-5-4-11(22(24)25)7-12(13)14(23)19-15-20-21-16(27-15)26-8-9-2-1-3-10(18)6-9/h1-7H,8H2,(H,19,20,23). The zero-order valence-corrected chi connectivity index (χ0v) is 15.8. The van der Waals surface area contributed by atoms with Crippen molar-refractivity contribution in [3.8, 4) is 0 Å². The summed E-state index contributed by atoms with van der Waals surface area (Å²) >= 11 is 8.43. The van der Waals surface area contributed by atoms with Crippen LogP contribution < -0.4 is 5.32 Å². The first-order valence-electron chi connectivity index (χ1n) is 7.38. The smallest absolute Gasteiger partial charge is 0.270 e. The van der Waals surface area contributed by atoms with E-state index in [-0.39, 0.29) is 27.2 Å². The maximum Gasteiger partial charge on any atom is 0.270 e. The van der Waals surface area contributed by atoms with Crippen LogP contribution in [0.15, 0.2) is 46.8 Å². The van der Waals surface area contributed by atoms with Crippen molar-refractivity contribution in [2.45, 2.75) is 10.1 Å². The SMILES string of the molecule is O=C(Nc1nnc(SCc2cccc(F)c2)s1)c1cc([N+](=O)[O-])ccc1Cl. The number of halogens is 2. The third-order valence-corrected chi connectivity index (χ3v) is 5.66. The average Bonchev–Trinajstić information content (AvgIpc) is 3.07. The van der Waals surface area contributed by atoms with Crippen LogP contribution in [0.4, 0.5) is 15.2 Å². The van der Waals surface area contributed by atoms with Crippen LogP contribution in [0.3, 0.4) is 0 Å². The van der Waals surface area contributed by atoms with Crippen molar-refractivity contribution in [2.75, 3.05) is 5.32 Å². The van der Waals surface area contributed by atoms with Gasteiger partial charge in [0.15, 0.2) is 4.34 Å². The topological polar surface area (TPSA) is 98.0 Å². The van der Waals surface area contributed by atoms with Gasteiger partial charge in [0, 0.05) is 17.9 Å². The predicted molar refractivity (Wildman–Crippen MR) is 102 cm³/mol. The van der Waals surface area contributed by atoms with Gasteiger partial charge in [-0.2, -0.15) is 0 Å². The van der Waals surface area contributed by atoms with E-state index in [9.17, 15) is 19.3 Å². The average molecular weight is 425 g/mol. The Morgan fingerprint density at radius 3 is 2.85 bits per heavy atom. The molecule has 0 saturated heterocycles. The molecule has 11 heteroatoms. The minimum absolute atomic E-state index is 0.0324. The fourth-order valence-electron chi connectivity index (χ4n) is 2.06. The van der Waals surface area contributed by atoms with Crippen molar-refractivity contribution in [3.63, 3.8) is 0 Å². The number of aromatic nitrogens is 2. The molecule has 1 heterocycles. The zero-order chi connectivity index (χ0) is 19.4. The maximum absolute atomic E-state index is 13.2. The second kappa shape index (κ2) is 8.42. The first kappa shape index (κ1) is 19.2. The quantitative estimate of drug-likeness (QED) is 0.264. The summed E-state index contributed by atoms with van der Waals surface area (Å²) in [4.78, 5) is 22.5. The summed E-state index contributed by atoms with van der Waals surface area (Å²) in [5.74, 6) is -0.439. The predicted octanol–water partition coefficient (Wildman–Crippen LogP) is 4.78. The summed E-state index contributed by atoms with van der Waals surface area (Å²) in [5.41, 5.74) is 0.521. The number of carbonyl (C=O) groups excluding carboxylic acids is 1. The van der Waals surface area contributed by atoms with Gasteiger partial charge in [-0.05, 0) is 23.8 Å². The molecule has 1 amide bonds. The number of nitrogens with zero attached hydrogens (tertiary/aromatic N) is 3. The lowest BCUT2D eigenvalue weighted by atomic mass is 10.2. The number of thioether (sulfide) groups is 1. The number of carbonyl (C=O) groups is 1. The highest BCUT2D eigenvalue weighted by Crippen LogP contribution is 2.29. The molecule has 0 unspecified atom stereocenters. The molecule has 0 aliphatic carbocycles. The normalized spacial score (nSPS) is 10.6. The second-order valence-electron chi connectivity index (χ2n) is 5.17. The summed E-state index contributed by atoms with van der Waals surface area (Å²) in [5, 5.41) is 21.5. The van der Waals surface area contributed by atoms with Crippen molar-refractivity contribution in [3.05, 3.63) is 74.5 Å². The number of rotatable bonds is 6. The maximum atomic E-state index is 13.2. The van der Waals surface area contributed by atoms with Crippen molar-refractivity contribution >= 4 is 51.4 Å². The van der Waals surface area contributed by atoms with Gasteiger partial charge in [-0.1, -0.05) is 46.8 Å². The fourth-order valence-corrected chi connectivity index (χ4v) is 3.95. The van der Waals surface area contributed by atoms with Crippen molar-refractivity contribution in [1.82, 2.24) is 10.2 Å². The highest BCUT2D eigenvalue weighted by Gasteiger charge is 2.17. The van der Waals surface area contributed by atoms with Crippen LogP contribution in [0.1, 0.15) is 15.9 Å². The molecule has 0 aliphatic heterocycles. The van der Waals surface area contributed by atoms with Gasteiger partial charge in [-0.25, -0.2) is 4.39 Å². The molecule has 2 aromatic carbocycles. The van der Waals surface area contributed by atoms with E-state index in [4.69, 9.17) is 11.6 Å². The van der Waals surface area contributed by atoms with Crippen molar-refractivity contribution < 1.29 is 14.1 Å². The first-order chi connectivity index (χ1) is 12.9. The number of nitro benzene ring substituents is 1. The summed E-state index contributed by atoms with van der Waals surface area (Å²) in [7, 11) is 0. The van der Waals surface area contributed by atoms with Crippen LogP contribution in [0, 0.1) is 15.9 Å². The number of hydrogen-bond donors (Lipinski definition) is 1. The lowest BCUT2D eigenvalue weighted by Crippen LogP contribution is -2.12. The third-order valence-electron chi connectivity index (χ3n) is 3.28. The van der Waals surface area contributed by atoms with E-state index in [1.807, 2.05) is 0 Å². The number of nitro groups is 1. The van der Waals surface area contributed by atoms with E-state index in [0.29, 0.717) is 10.1 Å². The van der Waals surface area contributed by atoms with Crippen LogP contribution in [0.25, 0.3) is 0 Å². The van der Waals surface area contributed by atoms with E-state index < -0.39 is 10.8 Å². The molecule has 1 N–H and O–H groups in total. The molecule has 0 aliphatic rings. The minimum atomic E-state index is -0.624. The highest BCUT2D eigenvalue weighted by molar-refractivity contribution is 8.00. The molecular formula is C16H10ClFN4O3S2. The molecule has 0 fully saturated rings. The molecule has 1 aromatic heterocycles. The van der Waals surface area contributed by atoms with Gasteiger partial charge in [0.05, 0.1) is 15.5 Å². The Labute approximate surface area is 165 Å². The number of non-ortho nitro benzene ring substituents is 1. The molecule has 3 rings (SSSR count). The molecule has 0 atom stereocenters.